The van der Waals surface area contributed by atoms with Gasteiger partial charge in [0.1, 0.15) is 0 Å². The predicted octanol–water partition coefficient (Wildman–Crippen LogP) is 4.21. The van der Waals surface area contributed by atoms with Crippen LogP contribution < -0.4 is 10.2 Å². The first-order chi connectivity index (χ1) is 11.2. The van der Waals surface area contributed by atoms with Crippen LogP contribution in [0.3, 0.4) is 0 Å². The first kappa shape index (κ1) is 16.3. The second-order valence-electron chi connectivity index (χ2n) is 5.91. The molecular formula is C19H21IN2O. The van der Waals surface area contributed by atoms with Gasteiger partial charge in [0.25, 0.3) is 5.91 Å². The van der Waals surface area contributed by atoms with E-state index in [9.17, 15) is 4.79 Å². The van der Waals surface area contributed by atoms with E-state index in [4.69, 9.17) is 0 Å². The molecule has 0 aliphatic carbocycles. The molecule has 0 radical (unpaired) electrons. The number of amides is 1. The summed E-state index contributed by atoms with van der Waals surface area (Å²) in [6.07, 6.45) is 3.92. The Bertz CT molecular complexity index is 663. The fourth-order valence-electron chi connectivity index (χ4n) is 2.89. The second kappa shape index (κ2) is 7.81. The van der Waals surface area contributed by atoms with Gasteiger partial charge in [-0.3, -0.25) is 4.79 Å². The van der Waals surface area contributed by atoms with Crippen LogP contribution >= 0.6 is 22.6 Å². The fourth-order valence-corrected chi connectivity index (χ4v) is 3.43. The summed E-state index contributed by atoms with van der Waals surface area (Å²) >= 11 is 2.22. The lowest BCUT2D eigenvalue weighted by Gasteiger charge is -2.28. The highest BCUT2D eigenvalue weighted by Crippen LogP contribution is 2.20. The van der Waals surface area contributed by atoms with Crippen LogP contribution in [0.25, 0.3) is 0 Å². The molecule has 0 atom stereocenters. The van der Waals surface area contributed by atoms with Crippen molar-refractivity contribution >= 4 is 34.2 Å². The summed E-state index contributed by atoms with van der Waals surface area (Å²) < 4.78 is 1.07. The van der Waals surface area contributed by atoms with E-state index in [1.165, 1.54) is 24.9 Å². The van der Waals surface area contributed by atoms with E-state index >= 15 is 0 Å². The molecule has 4 heteroatoms. The predicted molar refractivity (Wildman–Crippen MR) is 103 cm³/mol. The van der Waals surface area contributed by atoms with Gasteiger partial charge in [-0.15, -0.1) is 0 Å². The van der Waals surface area contributed by atoms with Crippen molar-refractivity contribution in [3.8, 4) is 0 Å². The molecule has 2 aromatic rings. The lowest BCUT2D eigenvalue weighted by molar-refractivity contribution is 0.0951. The van der Waals surface area contributed by atoms with Gasteiger partial charge in [0.05, 0.1) is 0 Å². The summed E-state index contributed by atoms with van der Waals surface area (Å²) in [5, 5.41) is 2.99. The van der Waals surface area contributed by atoms with E-state index in [0.29, 0.717) is 12.1 Å². The Morgan fingerprint density at radius 3 is 2.48 bits per heavy atom. The summed E-state index contributed by atoms with van der Waals surface area (Å²) in [7, 11) is 0. The minimum absolute atomic E-state index is 0.0244. The summed E-state index contributed by atoms with van der Waals surface area (Å²) in [4.78, 5) is 14.6. The van der Waals surface area contributed by atoms with Crippen LogP contribution in [0.5, 0.6) is 0 Å². The van der Waals surface area contributed by atoms with E-state index in [2.05, 4.69) is 57.1 Å². The van der Waals surface area contributed by atoms with Crippen molar-refractivity contribution in [2.75, 3.05) is 18.0 Å². The Hall–Kier alpha value is -1.56. The number of hydrogen-bond donors (Lipinski definition) is 1. The van der Waals surface area contributed by atoms with E-state index in [1.54, 1.807) is 0 Å². The first-order valence-corrected chi connectivity index (χ1v) is 9.18. The molecule has 1 aliphatic rings. The number of hydrogen-bond acceptors (Lipinski definition) is 2. The highest BCUT2D eigenvalue weighted by Gasteiger charge is 2.10. The monoisotopic (exact) mass is 420 g/mol. The highest BCUT2D eigenvalue weighted by molar-refractivity contribution is 14.1. The van der Waals surface area contributed by atoms with Gasteiger partial charge in [0.15, 0.2) is 0 Å². The zero-order valence-electron chi connectivity index (χ0n) is 13.1. The molecule has 1 fully saturated rings. The molecule has 3 nitrogen and oxygen atoms in total. The van der Waals surface area contributed by atoms with Crippen molar-refractivity contribution < 1.29 is 4.79 Å². The number of benzene rings is 2. The maximum absolute atomic E-state index is 12.2. The summed E-state index contributed by atoms with van der Waals surface area (Å²) in [6, 6.07) is 16.2. The van der Waals surface area contributed by atoms with E-state index in [-0.39, 0.29) is 5.91 Å². The smallest absolute Gasteiger partial charge is 0.251 e. The average molecular weight is 420 g/mol. The summed E-state index contributed by atoms with van der Waals surface area (Å²) in [6.45, 7) is 2.87. The van der Waals surface area contributed by atoms with Crippen LogP contribution in [0.2, 0.25) is 0 Å². The van der Waals surface area contributed by atoms with Crippen molar-refractivity contribution in [1.29, 1.82) is 0 Å². The van der Waals surface area contributed by atoms with Crippen molar-refractivity contribution in [3.63, 3.8) is 0 Å². The number of piperidine rings is 1. The van der Waals surface area contributed by atoms with Gasteiger partial charge < -0.3 is 10.2 Å². The number of anilines is 1. The SMILES string of the molecule is O=C(NCc1ccc(N2CCCCC2)cc1)c1cccc(I)c1. The van der Waals surface area contributed by atoms with E-state index < -0.39 is 0 Å². The largest absolute Gasteiger partial charge is 0.372 e. The van der Waals surface area contributed by atoms with Crippen LogP contribution in [-0.2, 0) is 6.54 Å². The van der Waals surface area contributed by atoms with Crippen molar-refractivity contribution in [1.82, 2.24) is 5.32 Å². The van der Waals surface area contributed by atoms with Gasteiger partial charge in [0, 0.05) is 34.5 Å². The van der Waals surface area contributed by atoms with Crippen molar-refractivity contribution in [2.24, 2.45) is 0 Å². The zero-order valence-corrected chi connectivity index (χ0v) is 15.3. The Morgan fingerprint density at radius 2 is 1.78 bits per heavy atom. The number of carbonyl (C=O) groups is 1. The van der Waals surface area contributed by atoms with E-state index in [0.717, 1.165) is 22.2 Å². The Labute approximate surface area is 151 Å². The van der Waals surface area contributed by atoms with E-state index in [1.807, 2.05) is 24.3 Å². The standard InChI is InChI=1S/C19H21IN2O/c20-17-6-4-5-16(13-17)19(23)21-14-15-7-9-18(10-8-15)22-11-2-1-3-12-22/h4-10,13H,1-3,11-12,14H2,(H,21,23). The lowest BCUT2D eigenvalue weighted by Crippen LogP contribution is -2.29. The molecule has 23 heavy (non-hydrogen) atoms. The molecule has 1 aliphatic heterocycles. The molecule has 0 spiro atoms. The van der Waals surface area contributed by atoms with Gasteiger partial charge in [0.2, 0.25) is 0 Å². The molecule has 1 N–H and O–H groups in total. The molecule has 0 bridgehead atoms. The number of carbonyl (C=O) groups excluding carboxylic acids is 1. The van der Waals surface area contributed by atoms with Crippen LogP contribution in [0.15, 0.2) is 48.5 Å². The number of rotatable bonds is 4. The molecule has 1 amide bonds. The molecular weight excluding hydrogens is 399 g/mol. The normalized spacial score (nSPS) is 14.6. The second-order valence-corrected chi connectivity index (χ2v) is 7.15. The number of nitrogens with zero attached hydrogens (tertiary/aromatic N) is 1. The minimum Gasteiger partial charge on any atom is -0.372 e. The molecule has 120 valence electrons. The van der Waals surface area contributed by atoms with Crippen LogP contribution in [0, 0.1) is 3.57 Å². The topological polar surface area (TPSA) is 32.3 Å². The first-order valence-electron chi connectivity index (χ1n) is 8.10. The minimum atomic E-state index is -0.0244. The third-order valence-corrected chi connectivity index (χ3v) is 4.87. The van der Waals surface area contributed by atoms with Gasteiger partial charge in [-0.25, -0.2) is 0 Å². The molecule has 0 aromatic heterocycles. The molecule has 0 unspecified atom stereocenters. The zero-order chi connectivity index (χ0) is 16.1. The molecule has 3 rings (SSSR count). The van der Waals surface area contributed by atoms with Crippen molar-refractivity contribution in [3.05, 3.63) is 63.2 Å². The molecule has 1 heterocycles. The average Bonchev–Trinajstić information content (AvgIpc) is 2.61. The molecule has 2 aromatic carbocycles. The number of halogens is 1. The third-order valence-electron chi connectivity index (χ3n) is 4.20. The van der Waals surface area contributed by atoms with Gasteiger partial charge in [-0.05, 0) is 77.7 Å². The molecule has 1 saturated heterocycles. The van der Waals surface area contributed by atoms with Gasteiger partial charge >= 0.3 is 0 Å². The van der Waals surface area contributed by atoms with Crippen molar-refractivity contribution in [2.45, 2.75) is 25.8 Å². The summed E-state index contributed by atoms with van der Waals surface area (Å²) in [5.41, 5.74) is 3.13. The highest BCUT2D eigenvalue weighted by atomic mass is 127. The van der Waals surface area contributed by atoms with Crippen LogP contribution in [-0.4, -0.2) is 19.0 Å². The van der Waals surface area contributed by atoms with Crippen LogP contribution in [0.4, 0.5) is 5.69 Å². The maximum Gasteiger partial charge on any atom is 0.251 e. The Morgan fingerprint density at radius 1 is 1.04 bits per heavy atom. The fraction of sp³-hybridized carbons (Fsp3) is 0.316. The molecule has 0 saturated carbocycles. The Kier molecular flexibility index (Phi) is 5.54. The Balaban J connectivity index is 1.57. The lowest BCUT2D eigenvalue weighted by atomic mass is 10.1. The van der Waals surface area contributed by atoms with Crippen LogP contribution in [0.1, 0.15) is 35.2 Å². The summed E-state index contributed by atoms with van der Waals surface area (Å²) in [5.74, 6) is -0.0244. The maximum atomic E-state index is 12.2. The quantitative estimate of drug-likeness (QED) is 0.752. The van der Waals surface area contributed by atoms with Gasteiger partial charge in [-0.1, -0.05) is 18.2 Å². The third kappa shape index (κ3) is 4.47. The number of nitrogens with one attached hydrogen (secondary N) is 1. The van der Waals surface area contributed by atoms with Gasteiger partial charge in [-0.2, -0.15) is 0 Å².